The summed E-state index contributed by atoms with van der Waals surface area (Å²) in [6, 6.07) is 0.699. The number of nitrogens with one attached hydrogen (secondary N) is 2. The van der Waals surface area contributed by atoms with Crippen molar-refractivity contribution in [1.29, 1.82) is 0 Å². The Kier molecular flexibility index (Phi) is 5.00. The zero-order chi connectivity index (χ0) is 13.0. The first-order valence-corrected chi connectivity index (χ1v) is 8.50. The number of hydrogen-bond acceptors (Lipinski definition) is 3. The molecular formula is C12H25N3O2S. The Balaban J connectivity index is 1.63. The third kappa shape index (κ3) is 4.50. The summed E-state index contributed by atoms with van der Waals surface area (Å²) >= 11 is 0. The van der Waals surface area contributed by atoms with Gasteiger partial charge in [-0.3, -0.25) is 0 Å². The third-order valence-electron chi connectivity index (χ3n) is 3.73. The number of nitrogens with zero attached hydrogens (tertiary/aromatic N) is 1. The highest BCUT2D eigenvalue weighted by Crippen LogP contribution is 2.18. The van der Waals surface area contributed by atoms with E-state index in [1.54, 1.807) is 4.31 Å². The standard InChI is InChI=1S/C12H25N3O2S/c1-11-5-9-15(10-6-11)18(16,17)14-8-2-7-13-12-3-4-12/h11-14H,2-10H2,1H3. The van der Waals surface area contributed by atoms with Crippen LogP contribution in [0.5, 0.6) is 0 Å². The van der Waals surface area contributed by atoms with Gasteiger partial charge < -0.3 is 5.32 Å². The molecule has 0 atom stereocenters. The molecule has 18 heavy (non-hydrogen) atoms. The molecule has 0 bridgehead atoms. The predicted octanol–water partition coefficient (Wildman–Crippen LogP) is 0.695. The lowest BCUT2D eigenvalue weighted by Crippen LogP contribution is -2.45. The van der Waals surface area contributed by atoms with E-state index in [9.17, 15) is 8.42 Å². The van der Waals surface area contributed by atoms with Gasteiger partial charge in [0.15, 0.2) is 0 Å². The molecule has 0 spiro atoms. The SMILES string of the molecule is CC1CCN(S(=O)(=O)NCCCNC2CC2)CC1. The van der Waals surface area contributed by atoms with Gasteiger partial charge in [0.25, 0.3) is 10.2 Å². The Morgan fingerprint density at radius 1 is 1.11 bits per heavy atom. The van der Waals surface area contributed by atoms with Gasteiger partial charge in [0.1, 0.15) is 0 Å². The summed E-state index contributed by atoms with van der Waals surface area (Å²) in [5.41, 5.74) is 0. The molecule has 0 aromatic rings. The second kappa shape index (κ2) is 6.32. The van der Waals surface area contributed by atoms with Gasteiger partial charge in [-0.25, -0.2) is 4.72 Å². The van der Waals surface area contributed by atoms with Crippen molar-refractivity contribution in [3.8, 4) is 0 Å². The monoisotopic (exact) mass is 275 g/mol. The molecule has 106 valence electrons. The highest BCUT2D eigenvalue weighted by Gasteiger charge is 2.25. The summed E-state index contributed by atoms with van der Waals surface area (Å²) < 4.78 is 28.3. The average Bonchev–Trinajstić information content (AvgIpc) is 3.13. The first kappa shape index (κ1) is 14.2. The van der Waals surface area contributed by atoms with Crippen molar-refractivity contribution in [3.63, 3.8) is 0 Å². The molecule has 1 heterocycles. The topological polar surface area (TPSA) is 61.4 Å². The van der Waals surface area contributed by atoms with Crippen LogP contribution >= 0.6 is 0 Å². The van der Waals surface area contributed by atoms with E-state index in [0.29, 0.717) is 31.6 Å². The number of piperidine rings is 1. The van der Waals surface area contributed by atoms with Gasteiger partial charge >= 0.3 is 0 Å². The first-order valence-electron chi connectivity index (χ1n) is 7.06. The summed E-state index contributed by atoms with van der Waals surface area (Å²) in [7, 11) is -3.24. The van der Waals surface area contributed by atoms with Crippen molar-refractivity contribution < 1.29 is 8.42 Å². The van der Waals surface area contributed by atoms with Crippen molar-refractivity contribution in [2.45, 2.75) is 45.1 Å². The van der Waals surface area contributed by atoms with Crippen LogP contribution in [0.2, 0.25) is 0 Å². The minimum atomic E-state index is -3.24. The van der Waals surface area contributed by atoms with Crippen LogP contribution in [0.1, 0.15) is 39.0 Å². The normalized spacial score (nSPS) is 23.4. The lowest BCUT2D eigenvalue weighted by atomic mass is 10.0. The van der Waals surface area contributed by atoms with Gasteiger partial charge in [0.05, 0.1) is 0 Å². The summed E-state index contributed by atoms with van der Waals surface area (Å²) in [5, 5.41) is 3.38. The maximum absolute atomic E-state index is 12.0. The highest BCUT2D eigenvalue weighted by molar-refractivity contribution is 7.87. The van der Waals surface area contributed by atoms with E-state index in [1.807, 2.05) is 0 Å². The fourth-order valence-corrected chi connectivity index (χ4v) is 3.48. The lowest BCUT2D eigenvalue weighted by Gasteiger charge is -2.29. The van der Waals surface area contributed by atoms with Crippen molar-refractivity contribution in [3.05, 3.63) is 0 Å². The molecule has 2 N–H and O–H groups in total. The molecule has 5 nitrogen and oxygen atoms in total. The molecule has 2 aliphatic rings. The molecule has 0 unspecified atom stereocenters. The fraction of sp³-hybridized carbons (Fsp3) is 1.00. The van der Waals surface area contributed by atoms with Crippen LogP contribution in [-0.4, -0.2) is 44.9 Å². The molecule has 0 radical (unpaired) electrons. The van der Waals surface area contributed by atoms with Gasteiger partial charge in [-0.1, -0.05) is 6.92 Å². The van der Waals surface area contributed by atoms with Crippen LogP contribution in [0.15, 0.2) is 0 Å². The maximum Gasteiger partial charge on any atom is 0.279 e. The Labute approximate surface area is 110 Å². The van der Waals surface area contributed by atoms with Crippen molar-refractivity contribution >= 4 is 10.2 Å². The summed E-state index contributed by atoms with van der Waals surface area (Å²) in [6.45, 7) is 4.95. The van der Waals surface area contributed by atoms with Gasteiger partial charge in [-0.15, -0.1) is 0 Å². The predicted molar refractivity (Wildman–Crippen MR) is 72.5 cm³/mol. The molecular weight excluding hydrogens is 250 g/mol. The van der Waals surface area contributed by atoms with Crippen molar-refractivity contribution in [2.75, 3.05) is 26.2 Å². The van der Waals surface area contributed by atoms with Crippen LogP contribution in [0.4, 0.5) is 0 Å². The Bertz CT molecular complexity index is 346. The van der Waals surface area contributed by atoms with E-state index >= 15 is 0 Å². The average molecular weight is 275 g/mol. The number of hydrogen-bond donors (Lipinski definition) is 2. The summed E-state index contributed by atoms with van der Waals surface area (Å²) in [4.78, 5) is 0. The highest BCUT2D eigenvalue weighted by atomic mass is 32.2. The molecule has 6 heteroatoms. The van der Waals surface area contributed by atoms with E-state index in [0.717, 1.165) is 25.8 Å². The fourth-order valence-electron chi connectivity index (χ4n) is 2.20. The zero-order valence-electron chi connectivity index (χ0n) is 11.2. The first-order chi connectivity index (χ1) is 8.58. The van der Waals surface area contributed by atoms with E-state index in [2.05, 4.69) is 17.0 Å². The van der Waals surface area contributed by atoms with Crippen molar-refractivity contribution in [2.24, 2.45) is 5.92 Å². The quantitative estimate of drug-likeness (QED) is 0.672. The second-order valence-corrected chi connectivity index (χ2v) is 7.32. The third-order valence-corrected chi connectivity index (χ3v) is 5.34. The lowest BCUT2D eigenvalue weighted by molar-refractivity contribution is 0.285. The molecule has 2 rings (SSSR count). The molecule has 1 aliphatic carbocycles. The second-order valence-electron chi connectivity index (χ2n) is 5.56. The molecule has 1 saturated heterocycles. The Morgan fingerprint density at radius 3 is 2.39 bits per heavy atom. The molecule has 2 fully saturated rings. The van der Waals surface area contributed by atoms with E-state index in [1.165, 1.54) is 12.8 Å². The van der Waals surface area contributed by atoms with Gasteiger partial charge in [0, 0.05) is 25.7 Å². The minimum Gasteiger partial charge on any atom is -0.314 e. The Morgan fingerprint density at radius 2 is 1.78 bits per heavy atom. The van der Waals surface area contributed by atoms with Crippen LogP contribution in [0.3, 0.4) is 0 Å². The molecule has 1 saturated carbocycles. The van der Waals surface area contributed by atoms with E-state index < -0.39 is 10.2 Å². The zero-order valence-corrected chi connectivity index (χ0v) is 12.0. The maximum atomic E-state index is 12.0. The van der Waals surface area contributed by atoms with E-state index in [4.69, 9.17) is 0 Å². The molecule has 0 amide bonds. The van der Waals surface area contributed by atoms with Crippen LogP contribution in [-0.2, 0) is 10.2 Å². The number of rotatable bonds is 7. The van der Waals surface area contributed by atoms with Crippen LogP contribution < -0.4 is 10.0 Å². The molecule has 0 aromatic heterocycles. The molecule has 1 aliphatic heterocycles. The summed E-state index contributed by atoms with van der Waals surface area (Å²) in [6.07, 6.45) is 5.36. The van der Waals surface area contributed by atoms with Crippen LogP contribution in [0.25, 0.3) is 0 Å². The summed E-state index contributed by atoms with van der Waals surface area (Å²) in [5.74, 6) is 0.652. The van der Waals surface area contributed by atoms with E-state index in [-0.39, 0.29) is 0 Å². The van der Waals surface area contributed by atoms with Gasteiger partial charge in [-0.05, 0) is 44.6 Å². The largest absolute Gasteiger partial charge is 0.314 e. The van der Waals surface area contributed by atoms with Gasteiger partial charge in [0.2, 0.25) is 0 Å². The molecule has 0 aromatic carbocycles. The Hall–Kier alpha value is -0.170. The minimum absolute atomic E-state index is 0.536. The smallest absolute Gasteiger partial charge is 0.279 e. The van der Waals surface area contributed by atoms with Gasteiger partial charge in [-0.2, -0.15) is 12.7 Å². The van der Waals surface area contributed by atoms with Crippen LogP contribution in [0, 0.1) is 5.92 Å². The van der Waals surface area contributed by atoms with Crippen molar-refractivity contribution in [1.82, 2.24) is 14.3 Å².